The van der Waals surface area contributed by atoms with E-state index in [4.69, 9.17) is 11.6 Å². The maximum Gasteiger partial charge on any atom is 0.251 e. The molecule has 7 heteroatoms. The van der Waals surface area contributed by atoms with Gasteiger partial charge >= 0.3 is 0 Å². The Balaban J connectivity index is 1.71. The molecule has 0 unspecified atom stereocenters. The maximum absolute atomic E-state index is 13.5. The monoisotopic (exact) mass is 306 g/mol. The number of benzene rings is 1. The minimum atomic E-state index is -2.61. The molecule has 1 aliphatic rings. The molecule has 1 saturated carbocycles. The van der Waals surface area contributed by atoms with E-state index < -0.39 is 11.7 Å². The van der Waals surface area contributed by atoms with Crippen LogP contribution in [0, 0.1) is 5.82 Å². The second kappa shape index (κ2) is 6.01. The van der Waals surface area contributed by atoms with E-state index in [1.165, 1.54) is 12.1 Å². The molecule has 1 aliphatic carbocycles. The Hall–Kier alpha value is -1.27. The van der Waals surface area contributed by atoms with Crippen molar-refractivity contribution < 1.29 is 18.0 Å². The quantitative estimate of drug-likeness (QED) is 0.877. The third kappa shape index (κ3) is 3.86. The van der Waals surface area contributed by atoms with E-state index in [0.29, 0.717) is 0 Å². The number of nitrogens with one attached hydrogen (secondary N) is 2. The molecule has 1 aromatic carbocycles. The minimum Gasteiger partial charge on any atom is -0.351 e. The summed E-state index contributed by atoms with van der Waals surface area (Å²) >= 11 is 5.61. The first-order valence-electron chi connectivity index (χ1n) is 6.18. The summed E-state index contributed by atoms with van der Waals surface area (Å²) in [5.74, 6) is -3.56. The van der Waals surface area contributed by atoms with Crippen LogP contribution in [0.1, 0.15) is 18.4 Å². The molecule has 0 bridgehead atoms. The molecule has 0 atom stereocenters. The van der Waals surface area contributed by atoms with E-state index in [0.717, 1.165) is 0 Å². The molecule has 0 aliphatic heterocycles. The molecule has 0 heterocycles. The van der Waals surface area contributed by atoms with E-state index in [-0.39, 0.29) is 48.5 Å². The van der Waals surface area contributed by atoms with Gasteiger partial charge in [-0.2, -0.15) is 0 Å². The standard InChI is InChI=1S/C13H14ClF3N2O/c14-10-3-1-2-8(12(10)15)6-19-11(20)7-18-9-4-13(16,17)5-9/h1-3,9,18H,4-7H2,(H,19,20). The van der Waals surface area contributed by atoms with Crippen molar-refractivity contribution in [1.82, 2.24) is 10.6 Å². The fraction of sp³-hybridized carbons (Fsp3) is 0.462. The predicted molar refractivity (Wildman–Crippen MR) is 69.2 cm³/mol. The second-order valence-electron chi connectivity index (χ2n) is 4.83. The summed E-state index contributed by atoms with van der Waals surface area (Å²) < 4.78 is 38.7. The Labute approximate surface area is 119 Å². The lowest BCUT2D eigenvalue weighted by Crippen LogP contribution is -2.50. The van der Waals surface area contributed by atoms with Crippen LogP contribution < -0.4 is 10.6 Å². The van der Waals surface area contributed by atoms with Crippen molar-refractivity contribution in [3.05, 3.63) is 34.6 Å². The molecule has 1 aromatic rings. The summed E-state index contributed by atoms with van der Waals surface area (Å²) in [6.07, 6.45) is -0.494. The maximum atomic E-state index is 13.5. The fourth-order valence-electron chi connectivity index (χ4n) is 1.98. The van der Waals surface area contributed by atoms with E-state index in [1.54, 1.807) is 6.07 Å². The fourth-order valence-corrected chi connectivity index (χ4v) is 2.18. The molecule has 0 spiro atoms. The van der Waals surface area contributed by atoms with Crippen LogP contribution in [0.25, 0.3) is 0 Å². The molecular weight excluding hydrogens is 293 g/mol. The van der Waals surface area contributed by atoms with E-state index in [9.17, 15) is 18.0 Å². The van der Waals surface area contributed by atoms with Crippen molar-refractivity contribution >= 4 is 17.5 Å². The van der Waals surface area contributed by atoms with Gasteiger partial charge < -0.3 is 10.6 Å². The van der Waals surface area contributed by atoms with Gasteiger partial charge in [-0.05, 0) is 6.07 Å². The Morgan fingerprint density at radius 2 is 2.10 bits per heavy atom. The number of alkyl halides is 2. The lowest BCUT2D eigenvalue weighted by atomic mass is 9.88. The summed E-state index contributed by atoms with van der Waals surface area (Å²) in [7, 11) is 0. The second-order valence-corrected chi connectivity index (χ2v) is 5.24. The number of halogens is 4. The molecular formula is C13H14ClF3N2O. The topological polar surface area (TPSA) is 41.1 Å². The van der Waals surface area contributed by atoms with Gasteiger partial charge in [0.25, 0.3) is 5.92 Å². The SMILES string of the molecule is O=C(CNC1CC(F)(F)C1)NCc1cccc(Cl)c1F. The molecule has 2 N–H and O–H groups in total. The van der Waals surface area contributed by atoms with Crippen molar-refractivity contribution in [1.29, 1.82) is 0 Å². The highest BCUT2D eigenvalue weighted by atomic mass is 35.5. The molecule has 0 aromatic heterocycles. The van der Waals surface area contributed by atoms with Crippen molar-refractivity contribution in [3.8, 4) is 0 Å². The van der Waals surface area contributed by atoms with E-state index in [2.05, 4.69) is 10.6 Å². The summed E-state index contributed by atoms with van der Waals surface area (Å²) in [4.78, 5) is 11.5. The zero-order valence-corrected chi connectivity index (χ0v) is 11.3. The Morgan fingerprint density at radius 3 is 2.75 bits per heavy atom. The van der Waals surface area contributed by atoms with Gasteiger partial charge in [-0.25, -0.2) is 13.2 Å². The largest absolute Gasteiger partial charge is 0.351 e. The molecule has 3 nitrogen and oxygen atoms in total. The third-order valence-corrected chi connectivity index (χ3v) is 3.44. The number of hydrogen-bond donors (Lipinski definition) is 2. The van der Waals surface area contributed by atoms with Crippen LogP contribution in [-0.4, -0.2) is 24.4 Å². The normalized spacial score (nSPS) is 17.6. The Kier molecular flexibility index (Phi) is 4.55. The van der Waals surface area contributed by atoms with Gasteiger partial charge in [0.1, 0.15) is 5.82 Å². The van der Waals surface area contributed by atoms with Crippen molar-refractivity contribution in [2.45, 2.75) is 31.4 Å². The first kappa shape index (κ1) is 15.1. The number of amides is 1. The van der Waals surface area contributed by atoms with Gasteiger partial charge in [0.05, 0.1) is 11.6 Å². The van der Waals surface area contributed by atoms with Gasteiger partial charge in [0.2, 0.25) is 5.91 Å². The number of carbonyl (C=O) groups excluding carboxylic acids is 1. The van der Waals surface area contributed by atoms with Crippen LogP contribution in [0.4, 0.5) is 13.2 Å². The Bertz CT molecular complexity index is 502. The van der Waals surface area contributed by atoms with Gasteiger partial charge in [-0.15, -0.1) is 0 Å². The molecule has 1 amide bonds. The van der Waals surface area contributed by atoms with Gasteiger partial charge in [0, 0.05) is 31.0 Å². The highest BCUT2D eigenvalue weighted by molar-refractivity contribution is 6.30. The average Bonchev–Trinajstić information content (AvgIpc) is 2.35. The van der Waals surface area contributed by atoms with Crippen molar-refractivity contribution in [3.63, 3.8) is 0 Å². The summed E-state index contributed by atoms with van der Waals surface area (Å²) in [6.45, 7) is -0.0589. The highest BCUT2D eigenvalue weighted by Gasteiger charge is 2.45. The smallest absolute Gasteiger partial charge is 0.251 e. The van der Waals surface area contributed by atoms with Crippen LogP contribution in [0.3, 0.4) is 0 Å². The van der Waals surface area contributed by atoms with Crippen LogP contribution in [0.5, 0.6) is 0 Å². The lowest BCUT2D eigenvalue weighted by Gasteiger charge is -2.35. The highest BCUT2D eigenvalue weighted by Crippen LogP contribution is 2.37. The van der Waals surface area contributed by atoms with E-state index in [1.807, 2.05) is 0 Å². The summed E-state index contributed by atoms with van der Waals surface area (Å²) in [6, 6.07) is 4.18. The molecule has 20 heavy (non-hydrogen) atoms. The van der Waals surface area contributed by atoms with Crippen LogP contribution in [0.2, 0.25) is 5.02 Å². The first-order valence-corrected chi connectivity index (χ1v) is 6.56. The lowest BCUT2D eigenvalue weighted by molar-refractivity contribution is -0.122. The zero-order chi connectivity index (χ0) is 14.8. The molecule has 0 saturated heterocycles. The zero-order valence-electron chi connectivity index (χ0n) is 10.6. The first-order chi connectivity index (χ1) is 9.37. The molecule has 0 radical (unpaired) electrons. The molecule has 1 fully saturated rings. The summed E-state index contributed by atoms with van der Waals surface area (Å²) in [5.41, 5.74) is 0.279. The number of carbonyl (C=O) groups is 1. The van der Waals surface area contributed by atoms with Gasteiger partial charge in [-0.1, -0.05) is 23.7 Å². The molecule has 2 rings (SSSR count). The minimum absolute atomic E-state index is 0.00767. The van der Waals surface area contributed by atoms with Crippen molar-refractivity contribution in [2.24, 2.45) is 0 Å². The number of rotatable bonds is 5. The average molecular weight is 307 g/mol. The van der Waals surface area contributed by atoms with Gasteiger partial charge in [0.15, 0.2) is 0 Å². The van der Waals surface area contributed by atoms with E-state index >= 15 is 0 Å². The summed E-state index contributed by atoms with van der Waals surface area (Å²) in [5, 5.41) is 5.22. The van der Waals surface area contributed by atoms with Crippen LogP contribution in [-0.2, 0) is 11.3 Å². The molecule has 110 valence electrons. The Morgan fingerprint density at radius 1 is 1.40 bits per heavy atom. The third-order valence-electron chi connectivity index (χ3n) is 3.15. The van der Waals surface area contributed by atoms with Crippen LogP contribution in [0.15, 0.2) is 18.2 Å². The van der Waals surface area contributed by atoms with Crippen LogP contribution >= 0.6 is 11.6 Å². The van der Waals surface area contributed by atoms with Crippen molar-refractivity contribution in [2.75, 3.05) is 6.54 Å². The predicted octanol–water partition coefficient (Wildman–Crippen LogP) is 2.48. The number of hydrogen-bond acceptors (Lipinski definition) is 2. The van der Waals surface area contributed by atoms with Gasteiger partial charge in [-0.3, -0.25) is 4.79 Å².